The molecule has 0 aliphatic heterocycles. The van der Waals surface area contributed by atoms with Crippen LogP contribution in [0.1, 0.15) is 21.6 Å². The van der Waals surface area contributed by atoms with Crippen molar-refractivity contribution in [1.82, 2.24) is 4.98 Å². The number of aromatic hydroxyl groups is 1. The molecule has 5 nitrogen and oxygen atoms in total. The van der Waals surface area contributed by atoms with Gasteiger partial charge in [0.15, 0.2) is 5.75 Å². The van der Waals surface area contributed by atoms with Gasteiger partial charge >= 0.3 is 5.97 Å². The molecule has 1 heterocycles. The largest absolute Gasteiger partial charge is 0.505 e. The standard InChI is InChI=1S/C12H11NO4/c1-6-2-3-8-7(4-6)10(12(16)17)11(15)9(5-14)13-8/h2-4,14-15H,5H2,1H3,(H,16,17). The number of carboxylic acids is 1. The molecule has 0 atom stereocenters. The molecule has 5 heteroatoms. The molecule has 0 spiro atoms. The zero-order valence-electron chi connectivity index (χ0n) is 9.14. The van der Waals surface area contributed by atoms with E-state index in [1.807, 2.05) is 6.92 Å². The average molecular weight is 233 g/mol. The molecule has 0 aliphatic carbocycles. The predicted molar refractivity (Wildman–Crippen MR) is 61.0 cm³/mol. The number of pyridine rings is 1. The van der Waals surface area contributed by atoms with E-state index < -0.39 is 18.3 Å². The highest BCUT2D eigenvalue weighted by molar-refractivity contribution is 6.05. The Kier molecular flexibility index (Phi) is 2.69. The van der Waals surface area contributed by atoms with E-state index in [4.69, 9.17) is 10.2 Å². The molecule has 17 heavy (non-hydrogen) atoms. The quantitative estimate of drug-likeness (QED) is 0.730. The smallest absolute Gasteiger partial charge is 0.340 e. The maximum absolute atomic E-state index is 11.1. The van der Waals surface area contributed by atoms with Crippen LogP contribution in [0.2, 0.25) is 0 Å². The minimum absolute atomic E-state index is 0.0289. The van der Waals surface area contributed by atoms with Crippen LogP contribution in [0.5, 0.6) is 5.75 Å². The molecule has 0 bridgehead atoms. The third-order valence-corrected chi connectivity index (χ3v) is 2.55. The fraction of sp³-hybridized carbons (Fsp3) is 0.167. The Morgan fingerprint density at radius 2 is 2.12 bits per heavy atom. The highest BCUT2D eigenvalue weighted by atomic mass is 16.4. The summed E-state index contributed by atoms with van der Waals surface area (Å²) in [5, 5.41) is 28.2. The minimum Gasteiger partial charge on any atom is -0.505 e. The highest BCUT2D eigenvalue weighted by Crippen LogP contribution is 2.29. The molecule has 2 rings (SSSR count). The van der Waals surface area contributed by atoms with Crippen molar-refractivity contribution in [2.24, 2.45) is 0 Å². The number of rotatable bonds is 2. The van der Waals surface area contributed by atoms with Crippen molar-refractivity contribution in [2.45, 2.75) is 13.5 Å². The molecule has 0 amide bonds. The van der Waals surface area contributed by atoms with Gasteiger partial charge in [-0.15, -0.1) is 0 Å². The zero-order chi connectivity index (χ0) is 12.6. The van der Waals surface area contributed by atoms with Gasteiger partial charge in [-0.2, -0.15) is 0 Å². The molecular weight excluding hydrogens is 222 g/mol. The molecule has 1 aromatic heterocycles. The van der Waals surface area contributed by atoms with Crippen molar-refractivity contribution in [3.8, 4) is 5.75 Å². The Morgan fingerprint density at radius 3 is 2.71 bits per heavy atom. The third-order valence-electron chi connectivity index (χ3n) is 2.55. The number of aliphatic hydroxyl groups excluding tert-OH is 1. The van der Waals surface area contributed by atoms with Crippen LogP contribution in [-0.4, -0.2) is 26.3 Å². The van der Waals surface area contributed by atoms with Gasteiger partial charge in [0.25, 0.3) is 0 Å². The Hall–Kier alpha value is -2.14. The molecule has 0 saturated carbocycles. The molecule has 0 aliphatic rings. The second-order valence-electron chi connectivity index (χ2n) is 3.77. The van der Waals surface area contributed by atoms with Gasteiger partial charge in [0, 0.05) is 5.39 Å². The summed E-state index contributed by atoms with van der Waals surface area (Å²) in [5.41, 5.74) is 1.06. The van der Waals surface area contributed by atoms with E-state index in [0.29, 0.717) is 10.9 Å². The van der Waals surface area contributed by atoms with Crippen LogP contribution in [0, 0.1) is 6.92 Å². The third kappa shape index (κ3) is 1.81. The highest BCUT2D eigenvalue weighted by Gasteiger charge is 2.19. The Bertz CT molecular complexity index is 607. The van der Waals surface area contributed by atoms with Crippen LogP contribution in [0.4, 0.5) is 0 Å². The monoisotopic (exact) mass is 233 g/mol. The van der Waals surface area contributed by atoms with E-state index in [-0.39, 0.29) is 11.3 Å². The maximum atomic E-state index is 11.1. The van der Waals surface area contributed by atoms with Crippen molar-refractivity contribution in [3.63, 3.8) is 0 Å². The fourth-order valence-corrected chi connectivity index (χ4v) is 1.74. The lowest BCUT2D eigenvalue weighted by atomic mass is 10.0. The number of hydrogen-bond donors (Lipinski definition) is 3. The number of aryl methyl sites for hydroxylation is 1. The molecule has 0 saturated heterocycles. The summed E-state index contributed by atoms with van der Waals surface area (Å²) < 4.78 is 0. The van der Waals surface area contributed by atoms with Crippen LogP contribution in [0.15, 0.2) is 18.2 Å². The molecule has 3 N–H and O–H groups in total. The fourth-order valence-electron chi connectivity index (χ4n) is 1.74. The van der Waals surface area contributed by atoms with Gasteiger partial charge in [0.05, 0.1) is 12.1 Å². The van der Waals surface area contributed by atoms with Crippen molar-refractivity contribution < 1.29 is 20.1 Å². The summed E-state index contributed by atoms with van der Waals surface area (Å²) in [6.07, 6.45) is 0. The van der Waals surface area contributed by atoms with Crippen LogP contribution in [-0.2, 0) is 6.61 Å². The van der Waals surface area contributed by atoms with Crippen LogP contribution < -0.4 is 0 Å². The van der Waals surface area contributed by atoms with E-state index >= 15 is 0 Å². The van der Waals surface area contributed by atoms with Gasteiger partial charge in [-0.3, -0.25) is 0 Å². The number of nitrogens with zero attached hydrogens (tertiary/aromatic N) is 1. The number of aromatic nitrogens is 1. The number of aromatic carboxylic acids is 1. The first-order valence-corrected chi connectivity index (χ1v) is 5.01. The van der Waals surface area contributed by atoms with E-state index in [1.165, 1.54) is 0 Å². The number of carbonyl (C=O) groups is 1. The first kappa shape index (κ1) is 11.3. The number of aliphatic hydroxyl groups is 1. The molecule has 0 radical (unpaired) electrons. The van der Waals surface area contributed by atoms with Gasteiger partial charge in [0.1, 0.15) is 11.3 Å². The predicted octanol–water partition coefficient (Wildman–Crippen LogP) is 1.44. The molecule has 88 valence electrons. The SMILES string of the molecule is Cc1ccc2nc(CO)c(O)c(C(=O)O)c2c1. The zero-order valence-corrected chi connectivity index (χ0v) is 9.14. The van der Waals surface area contributed by atoms with Gasteiger partial charge in [-0.25, -0.2) is 9.78 Å². The summed E-state index contributed by atoms with van der Waals surface area (Å²) in [6.45, 7) is 1.32. The summed E-state index contributed by atoms with van der Waals surface area (Å²) in [5.74, 6) is -1.71. The summed E-state index contributed by atoms with van der Waals surface area (Å²) >= 11 is 0. The second kappa shape index (κ2) is 4.03. The molecular formula is C12H11NO4. The van der Waals surface area contributed by atoms with Crippen LogP contribution in [0.25, 0.3) is 10.9 Å². The molecule has 0 fully saturated rings. The first-order valence-electron chi connectivity index (χ1n) is 5.01. The van der Waals surface area contributed by atoms with Crippen molar-refractivity contribution in [3.05, 3.63) is 35.0 Å². The number of fused-ring (bicyclic) bond motifs is 1. The Labute approximate surface area is 97.0 Å². The number of carboxylic acid groups (broad SMARTS) is 1. The number of hydrogen-bond acceptors (Lipinski definition) is 4. The van der Waals surface area contributed by atoms with Crippen LogP contribution >= 0.6 is 0 Å². The summed E-state index contributed by atoms with van der Waals surface area (Å²) in [7, 11) is 0. The maximum Gasteiger partial charge on any atom is 0.340 e. The lowest BCUT2D eigenvalue weighted by Gasteiger charge is -2.09. The Balaban J connectivity index is 2.92. The second-order valence-corrected chi connectivity index (χ2v) is 3.77. The minimum atomic E-state index is -1.24. The van der Waals surface area contributed by atoms with E-state index in [0.717, 1.165) is 5.56 Å². The topological polar surface area (TPSA) is 90.7 Å². The Morgan fingerprint density at radius 1 is 1.41 bits per heavy atom. The van der Waals surface area contributed by atoms with Crippen molar-refractivity contribution >= 4 is 16.9 Å². The van der Waals surface area contributed by atoms with Crippen LogP contribution in [0.3, 0.4) is 0 Å². The lowest BCUT2D eigenvalue weighted by Crippen LogP contribution is -2.03. The van der Waals surface area contributed by atoms with E-state index in [9.17, 15) is 9.90 Å². The van der Waals surface area contributed by atoms with Gasteiger partial charge in [0.2, 0.25) is 0 Å². The number of benzene rings is 1. The van der Waals surface area contributed by atoms with Gasteiger partial charge in [-0.1, -0.05) is 11.6 Å². The lowest BCUT2D eigenvalue weighted by molar-refractivity contribution is 0.0695. The molecule has 1 aromatic carbocycles. The van der Waals surface area contributed by atoms with Gasteiger partial charge in [-0.05, 0) is 19.1 Å². The molecule has 0 unspecified atom stereocenters. The van der Waals surface area contributed by atoms with Crippen molar-refractivity contribution in [1.29, 1.82) is 0 Å². The summed E-state index contributed by atoms with van der Waals surface area (Å²) in [4.78, 5) is 15.2. The van der Waals surface area contributed by atoms with E-state index in [2.05, 4.69) is 4.98 Å². The summed E-state index contributed by atoms with van der Waals surface area (Å²) in [6, 6.07) is 5.10. The van der Waals surface area contributed by atoms with E-state index in [1.54, 1.807) is 18.2 Å². The normalized spacial score (nSPS) is 10.7. The average Bonchev–Trinajstić information content (AvgIpc) is 2.27. The first-order chi connectivity index (χ1) is 8.04. The van der Waals surface area contributed by atoms with Crippen molar-refractivity contribution in [2.75, 3.05) is 0 Å². The van der Waals surface area contributed by atoms with Gasteiger partial charge < -0.3 is 15.3 Å². The molecule has 2 aromatic rings.